The molecule has 0 heterocycles. The molecule has 0 saturated heterocycles. The number of halogens is 1. The highest BCUT2D eigenvalue weighted by atomic mass is 35.5. The predicted molar refractivity (Wildman–Crippen MR) is 120 cm³/mol. The zero-order chi connectivity index (χ0) is 21.6. The van der Waals surface area contributed by atoms with Crippen LogP contribution in [0.4, 0.5) is 0 Å². The van der Waals surface area contributed by atoms with Gasteiger partial charge in [0.05, 0.1) is 5.56 Å². The Morgan fingerprint density at radius 3 is 2.31 bits per heavy atom. The van der Waals surface area contributed by atoms with E-state index in [1.807, 2.05) is 23.9 Å². The van der Waals surface area contributed by atoms with Gasteiger partial charge in [-0.1, -0.05) is 39.3 Å². The SMILES string of the molecule is CC(CCNC(=O)c1ccc(C(=O)O)cc1)CSc1ccc(Cl)cc1C(C)(C)C. The zero-order valence-electron chi connectivity index (χ0n) is 17.3. The summed E-state index contributed by atoms with van der Waals surface area (Å²) in [6, 6.07) is 12.0. The van der Waals surface area contributed by atoms with E-state index in [-0.39, 0.29) is 16.9 Å². The highest BCUT2D eigenvalue weighted by Crippen LogP contribution is 2.35. The average Bonchev–Trinajstić information content (AvgIpc) is 2.66. The average molecular weight is 434 g/mol. The van der Waals surface area contributed by atoms with E-state index in [9.17, 15) is 9.59 Å². The van der Waals surface area contributed by atoms with Gasteiger partial charge in [0, 0.05) is 27.8 Å². The molecule has 0 saturated carbocycles. The highest BCUT2D eigenvalue weighted by molar-refractivity contribution is 7.99. The van der Waals surface area contributed by atoms with Crippen LogP contribution in [0.5, 0.6) is 0 Å². The summed E-state index contributed by atoms with van der Waals surface area (Å²) in [4.78, 5) is 24.3. The topological polar surface area (TPSA) is 66.4 Å². The standard InChI is InChI=1S/C23H28ClNO3S/c1-15(14-29-20-10-9-18(24)13-19(20)23(2,3)4)11-12-25-21(26)16-5-7-17(8-6-16)22(27)28/h5-10,13,15H,11-12,14H2,1-4H3,(H,25,26)(H,27,28). The molecule has 2 aromatic carbocycles. The fourth-order valence-electron chi connectivity index (χ4n) is 2.83. The van der Waals surface area contributed by atoms with Crippen molar-refractivity contribution >= 4 is 35.2 Å². The van der Waals surface area contributed by atoms with Crippen LogP contribution in [0, 0.1) is 5.92 Å². The van der Waals surface area contributed by atoms with E-state index in [0.29, 0.717) is 18.0 Å². The predicted octanol–water partition coefficient (Wildman–Crippen LogP) is 5.88. The van der Waals surface area contributed by atoms with E-state index in [1.165, 1.54) is 34.7 Å². The molecule has 0 fully saturated rings. The quantitative estimate of drug-likeness (QED) is 0.510. The number of carboxylic acids is 1. The molecule has 2 aromatic rings. The number of thioether (sulfide) groups is 1. The van der Waals surface area contributed by atoms with Gasteiger partial charge in [-0.25, -0.2) is 4.79 Å². The normalized spacial score (nSPS) is 12.4. The van der Waals surface area contributed by atoms with Crippen molar-refractivity contribution in [3.8, 4) is 0 Å². The first-order chi connectivity index (χ1) is 13.6. The van der Waals surface area contributed by atoms with E-state index >= 15 is 0 Å². The van der Waals surface area contributed by atoms with Crippen LogP contribution >= 0.6 is 23.4 Å². The van der Waals surface area contributed by atoms with Gasteiger partial charge < -0.3 is 10.4 Å². The minimum atomic E-state index is -1.00. The molecule has 0 radical (unpaired) electrons. The molecule has 0 spiro atoms. The summed E-state index contributed by atoms with van der Waals surface area (Å²) in [5.74, 6) is 0.194. The Kier molecular flexibility index (Phi) is 8.17. The number of carboxylic acid groups (broad SMARTS) is 1. The van der Waals surface area contributed by atoms with Gasteiger partial charge in [0.15, 0.2) is 0 Å². The number of benzene rings is 2. The van der Waals surface area contributed by atoms with E-state index < -0.39 is 5.97 Å². The van der Waals surface area contributed by atoms with E-state index in [4.69, 9.17) is 16.7 Å². The monoisotopic (exact) mass is 433 g/mol. The summed E-state index contributed by atoms with van der Waals surface area (Å²) in [6.45, 7) is 9.31. The lowest BCUT2D eigenvalue weighted by atomic mass is 9.87. The summed E-state index contributed by atoms with van der Waals surface area (Å²) in [5, 5.41) is 12.6. The van der Waals surface area contributed by atoms with Crippen LogP contribution < -0.4 is 5.32 Å². The zero-order valence-corrected chi connectivity index (χ0v) is 18.9. The molecule has 156 valence electrons. The molecule has 1 amide bonds. The number of aromatic carboxylic acids is 1. The minimum absolute atomic E-state index is 0.0284. The van der Waals surface area contributed by atoms with Gasteiger partial charge in [0.25, 0.3) is 5.91 Å². The van der Waals surface area contributed by atoms with Gasteiger partial charge in [0.2, 0.25) is 0 Å². The number of carbonyl (C=O) groups excluding carboxylic acids is 1. The van der Waals surface area contributed by atoms with Crippen molar-refractivity contribution in [3.63, 3.8) is 0 Å². The lowest BCUT2D eigenvalue weighted by Crippen LogP contribution is -2.26. The molecule has 0 aromatic heterocycles. The molecule has 1 atom stereocenters. The lowest BCUT2D eigenvalue weighted by Gasteiger charge is -2.23. The van der Waals surface area contributed by atoms with Crippen LogP contribution in [0.15, 0.2) is 47.4 Å². The molecule has 2 N–H and O–H groups in total. The molecule has 0 bridgehead atoms. The van der Waals surface area contributed by atoms with Crippen molar-refractivity contribution < 1.29 is 14.7 Å². The molecule has 0 aliphatic heterocycles. The Hall–Kier alpha value is -1.98. The lowest BCUT2D eigenvalue weighted by molar-refractivity contribution is 0.0696. The molecule has 1 unspecified atom stereocenters. The number of carbonyl (C=O) groups is 2. The van der Waals surface area contributed by atoms with Crippen molar-refractivity contribution in [2.24, 2.45) is 5.92 Å². The van der Waals surface area contributed by atoms with E-state index in [1.54, 1.807) is 0 Å². The smallest absolute Gasteiger partial charge is 0.335 e. The number of hydrogen-bond donors (Lipinski definition) is 2. The van der Waals surface area contributed by atoms with Crippen molar-refractivity contribution in [1.29, 1.82) is 0 Å². The fourth-order valence-corrected chi connectivity index (χ4v) is 4.32. The Morgan fingerprint density at radius 2 is 1.72 bits per heavy atom. The maximum absolute atomic E-state index is 12.2. The van der Waals surface area contributed by atoms with Crippen LogP contribution in [0.25, 0.3) is 0 Å². The largest absolute Gasteiger partial charge is 0.478 e. The Labute approximate surface area is 182 Å². The second kappa shape index (κ2) is 10.2. The second-order valence-electron chi connectivity index (χ2n) is 8.23. The summed E-state index contributed by atoms with van der Waals surface area (Å²) in [7, 11) is 0. The van der Waals surface area contributed by atoms with Crippen molar-refractivity contribution in [2.75, 3.05) is 12.3 Å². The molecule has 0 aliphatic rings. The molecular formula is C23H28ClNO3S. The molecule has 0 aliphatic carbocycles. The molecule has 4 nitrogen and oxygen atoms in total. The van der Waals surface area contributed by atoms with E-state index in [2.05, 4.69) is 39.1 Å². The summed E-state index contributed by atoms with van der Waals surface area (Å²) >= 11 is 8.00. The summed E-state index contributed by atoms with van der Waals surface area (Å²) in [6.07, 6.45) is 0.865. The third-order valence-electron chi connectivity index (χ3n) is 4.59. The van der Waals surface area contributed by atoms with Gasteiger partial charge in [-0.15, -0.1) is 11.8 Å². The van der Waals surface area contributed by atoms with Crippen molar-refractivity contribution in [3.05, 3.63) is 64.2 Å². The number of amides is 1. The molecule has 6 heteroatoms. The third kappa shape index (κ3) is 7.09. The molecule has 2 rings (SSSR count). The first-order valence-electron chi connectivity index (χ1n) is 9.62. The Morgan fingerprint density at radius 1 is 1.10 bits per heavy atom. The second-order valence-corrected chi connectivity index (χ2v) is 9.73. The summed E-state index contributed by atoms with van der Waals surface area (Å²) < 4.78 is 0. The number of nitrogens with one attached hydrogen (secondary N) is 1. The molecule has 29 heavy (non-hydrogen) atoms. The van der Waals surface area contributed by atoms with Crippen LogP contribution in [0.2, 0.25) is 5.02 Å². The highest BCUT2D eigenvalue weighted by Gasteiger charge is 2.19. The Bertz CT molecular complexity index is 859. The van der Waals surface area contributed by atoms with Gasteiger partial charge >= 0.3 is 5.97 Å². The van der Waals surface area contributed by atoms with E-state index in [0.717, 1.165) is 17.2 Å². The number of rotatable bonds is 8. The maximum atomic E-state index is 12.2. The van der Waals surface area contributed by atoms with Gasteiger partial charge in [-0.05, 0) is 65.8 Å². The summed E-state index contributed by atoms with van der Waals surface area (Å²) in [5.41, 5.74) is 1.91. The van der Waals surface area contributed by atoms with Gasteiger partial charge in [-0.3, -0.25) is 4.79 Å². The third-order valence-corrected chi connectivity index (χ3v) is 6.23. The van der Waals surface area contributed by atoms with Crippen LogP contribution in [0.1, 0.15) is 60.4 Å². The first kappa shape index (κ1) is 23.3. The number of hydrogen-bond acceptors (Lipinski definition) is 3. The van der Waals surface area contributed by atoms with Crippen LogP contribution in [-0.2, 0) is 5.41 Å². The first-order valence-corrected chi connectivity index (χ1v) is 11.0. The van der Waals surface area contributed by atoms with Gasteiger partial charge in [0.1, 0.15) is 0 Å². The van der Waals surface area contributed by atoms with Crippen molar-refractivity contribution in [2.45, 2.75) is 44.4 Å². The fraction of sp³-hybridized carbons (Fsp3) is 0.391. The maximum Gasteiger partial charge on any atom is 0.335 e. The molecular weight excluding hydrogens is 406 g/mol. The van der Waals surface area contributed by atoms with Gasteiger partial charge in [-0.2, -0.15) is 0 Å². The van der Waals surface area contributed by atoms with Crippen molar-refractivity contribution in [1.82, 2.24) is 5.32 Å². The van der Waals surface area contributed by atoms with Crippen LogP contribution in [0.3, 0.4) is 0 Å². The Balaban J connectivity index is 1.82. The minimum Gasteiger partial charge on any atom is -0.478 e. The van der Waals surface area contributed by atoms with Crippen LogP contribution in [-0.4, -0.2) is 29.3 Å².